The van der Waals surface area contributed by atoms with Crippen molar-refractivity contribution in [2.75, 3.05) is 11.9 Å². The van der Waals surface area contributed by atoms with E-state index < -0.39 is 24.1 Å². The highest BCUT2D eigenvalue weighted by molar-refractivity contribution is 5.97. The number of para-hydroxylation sites is 1. The Hall–Kier alpha value is -2.89. The molecule has 0 bridgehead atoms. The summed E-state index contributed by atoms with van der Waals surface area (Å²) in [5.41, 5.74) is 2.63. The number of carbonyl (C=O) groups excluding carboxylic acids is 2. The van der Waals surface area contributed by atoms with Gasteiger partial charge < -0.3 is 14.5 Å². The Bertz CT molecular complexity index is 804. The van der Waals surface area contributed by atoms with Crippen molar-refractivity contribution in [2.45, 2.75) is 27.7 Å². The lowest BCUT2D eigenvalue weighted by atomic mass is 10.1. The summed E-state index contributed by atoms with van der Waals surface area (Å²) in [5.74, 6) is -0.973. The quantitative estimate of drug-likeness (QED) is 0.872. The normalized spacial score (nSPS) is 10.3. The lowest BCUT2D eigenvalue weighted by Crippen LogP contribution is -2.23. The van der Waals surface area contributed by atoms with E-state index in [-0.39, 0.29) is 11.3 Å². The summed E-state index contributed by atoms with van der Waals surface area (Å²) >= 11 is 0. The maximum Gasteiger partial charge on any atom is 0.342 e. The van der Waals surface area contributed by atoms with Gasteiger partial charge in [-0.05, 0) is 44.4 Å². The predicted octanol–water partition coefficient (Wildman–Crippen LogP) is 2.67. The van der Waals surface area contributed by atoms with Gasteiger partial charge in [0.2, 0.25) is 0 Å². The number of benzene rings is 1. The Morgan fingerprint density at radius 2 is 1.71 bits per heavy atom. The number of hydrogen-bond acceptors (Lipinski definition) is 5. The van der Waals surface area contributed by atoms with E-state index in [1.165, 1.54) is 13.0 Å². The molecule has 0 aliphatic rings. The number of rotatable bonds is 4. The standard InChI is InChI=1S/C18H19NO5/c1-10-6-5-7-11(2)17(10)19-14(20)9-23-18(22)16-12(3)8-15(21)24-13(16)4/h5-8H,9H2,1-4H3,(H,19,20). The molecule has 1 aromatic heterocycles. The monoisotopic (exact) mass is 329 g/mol. The van der Waals surface area contributed by atoms with Crippen LogP contribution in [0, 0.1) is 27.7 Å². The third-order valence-electron chi connectivity index (χ3n) is 3.62. The van der Waals surface area contributed by atoms with Crippen LogP contribution >= 0.6 is 0 Å². The Balaban J connectivity index is 2.05. The van der Waals surface area contributed by atoms with E-state index in [1.54, 1.807) is 6.92 Å². The maximum atomic E-state index is 12.1. The second-order valence-corrected chi connectivity index (χ2v) is 5.57. The van der Waals surface area contributed by atoms with E-state index in [9.17, 15) is 14.4 Å². The summed E-state index contributed by atoms with van der Waals surface area (Å²) in [6.45, 7) is 6.45. The molecule has 0 fully saturated rings. The van der Waals surface area contributed by atoms with E-state index in [0.29, 0.717) is 11.3 Å². The number of hydrogen-bond donors (Lipinski definition) is 1. The zero-order chi connectivity index (χ0) is 17.9. The molecule has 2 rings (SSSR count). The van der Waals surface area contributed by atoms with Crippen molar-refractivity contribution in [3.8, 4) is 0 Å². The van der Waals surface area contributed by atoms with Gasteiger partial charge in [-0.1, -0.05) is 18.2 Å². The van der Waals surface area contributed by atoms with Crippen molar-refractivity contribution in [1.29, 1.82) is 0 Å². The zero-order valence-corrected chi connectivity index (χ0v) is 14.1. The second-order valence-electron chi connectivity index (χ2n) is 5.57. The van der Waals surface area contributed by atoms with Gasteiger partial charge in [-0.3, -0.25) is 4.79 Å². The molecule has 1 heterocycles. The van der Waals surface area contributed by atoms with Gasteiger partial charge in [-0.2, -0.15) is 0 Å². The largest absolute Gasteiger partial charge is 0.452 e. The molecule has 0 spiro atoms. The molecule has 1 aromatic carbocycles. The third kappa shape index (κ3) is 3.90. The zero-order valence-electron chi connectivity index (χ0n) is 14.1. The topological polar surface area (TPSA) is 85.6 Å². The summed E-state index contributed by atoms with van der Waals surface area (Å²) in [4.78, 5) is 35.4. The summed E-state index contributed by atoms with van der Waals surface area (Å²) in [5, 5.41) is 2.73. The van der Waals surface area contributed by atoms with Crippen LogP contribution in [0.1, 0.15) is 32.8 Å². The lowest BCUT2D eigenvalue weighted by Gasteiger charge is -2.12. The first kappa shape index (κ1) is 17.5. The fourth-order valence-corrected chi connectivity index (χ4v) is 2.45. The first-order valence-electron chi connectivity index (χ1n) is 7.44. The van der Waals surface area contributed by atoms with Crippen LogP contribution < -0.4 is 10.9 Å². The van der Waals surface area contributed by atoms with Gasteiger partial charge in [-0.15, -0.1) is 0 Å². The van der Waals surface area contributed by atoms with Gasteiger partial charge in [0.1, 0.15) is 11.3 Å². The smallest absolute Gasteiger partial charge is 0.342 e. The van der Waals surface area contributed by atoms with Crippen molar-refractivity contribution < 1.29 is 18.7 Å². The van der Waals surface area contributed by atoms with Crippen LogP contribution in [0.25, 0.3) is 0 Å². The van der Waals surface area contributed by atoms with Gasteiger partial charge >= 0.3 is 11.6 Å². The van der Waals surface area contributed by atoms with Crippen LogP contribution in [-0.4, -0.2) is 18.5 Å². The SMILES string of the molecule is Cc1cccc(C)c1NC(=O)COC(=O)c1c(C)cc(=O)oc1C. The minimum absolute atomic E-state index is 0.162. The molecule has 0 atom stereocenters. The number of carbonyl (C=O) groups is 2. The van der Waals surface area contributed by atoms with Crippen molar-refractivity contribution >= 4 is 17.6 Å². The average Bonchev–Trinajstić information content (AvgIpc) is 2.48. The highest BCUT2D eigenvalue weighted by atomic mass is 16.5. The number of ether oxygens (including phenoxy) is 1. The van der Waals surface area contributed by atoms with Crippen LogP contribution in [0.3, 0.4) is 0 Å². The minimum Gasteiger partial charge on any atom is -0.452 e. The van der Waals surface area contributed by atoms with Gasteiger partial charge in [0.05, 0.1) is 0 Å². The third-order valence-corrected chi connectivity index (χ3v) is 3.62. The molecule has 1 amide bonds. The lowest BCUT2D eigenvalue weighted by molar-refractivity contribution is -0.119. The number of esters is 1. The molecular weight excluding hydrogens is 310 g/mol. The van der Waals surface area contributed by atoms with E-state index in [0.717, 1.165) is 11.1 Å². The predicted molar refractivity (Wildman–Crippen MR) is 89.3 cm³/mol. The highest BCUT2D eigenvalue weighted by Crippen LogP contribution is 2.19. The van der Waals surface area contributed by atoms with Crippen molar-refractivity contribution in [2.24, 2.45) is 0 Å². The molecular formula is C18H19NO5. The molecule has 0 saturated carbocycles. The van der Waals surface area contributed by atoms with Crippen LogP contribution in [-0.2, 0) is 9.53 Å². The van der Waals surface area contributed by atoms with Crippen molar-refractivity contribution in [1.82, 2.24) is 0 Å². The summed E-state index contributed by atoms with van der Waals surface area (Å²) in [6.07, 6.45) is 0. The average molecular weight is 329 g/mol. The fraction of sp³-hybridized carbons (Fsp3) is 0.278. The maximum absolute atomic E-state index is 12.1. The van der Waals surface area contributed by atoms with Crippen LogP contribution in [0.4, 0.5) is 5.69 Å². The molecule has 0 aliphatic heterocycles. The van der Waals surface area contributed by atoms with Crippen molar-refractivity contribution in [3.05, 3.63) is 62.7 Å². The minimum atomic E-state index is -0.703. The van der Waals surface area contributed by atoms with E-state index >= 15 is 0 Å². The highest BCUT2D eigenvalue weighted by Gasteiger charge is 2.18. The Morgan fingerprint density at radius 1 is 1.08 bits per heavy atom. The summed E-state index contributed by atoms with van der Waals surface area (Å²) in [7, 11) is 0. The molecule has 6 heteroatoms. The Labute approximate surface area is 139 Å². The molecule has 24 heavy (non-hydrogen) atoms. The first-order chi connectivity index (χ1) is 11.3. The molecule has 126 valence electrons. The molecule has 0 unspecified atom stereocenters. The van der Waals surface area contributed by atoms with E-state index in [2.05, 4.69) is 5.32 Å². The molecule has 2 aromatic rings. The van der Waals surface area contributed by atoms with Gasteiger partial charge in [-0.25, -0.2) is 9.59 Å². The van der Waals surface area contributed by atoms with E-state index in [4.69, 9.17) is 9.15 Å². The molecule has 0 radical (unpaired) electrons. The number of anilines is 1. The fourth-order valence-electron chi connectivity index (χ4n) is 2.45. The van der Waals surface area contributed by atoms with Gasteiger partial charge in [0.15, 0.2) is 6.61 Å². The van der Waals surface area contributed by atoms with Crippen molar-refractivity contribution in [3.63, 3.8) is 0 Å². The second kappa shape index (κ2) is 7.12. The van der Waals surface area contributed by atoms with Crippen LogP contribution in [0.15, 0.2) is 33.5 Å². The van der Waals surface area contributed by atoms with Crippen LogP contribution in [0.5, 0.6) is 0 Å². The number of amides is 1. The first-order valence-corrected chi connectivity index (χ1v) is 7.44. The Morgan fingerprint density at radius 3 is 2.29 bits per heavy atom. The van der Waals surface area contributed by atoms with Gasteiger partial charge in [0.25, 0.3) is 5.91 Å². The summed E-state index contributed by atoms with van der Waals surface area (Å²) in [6, 6.07) is 6.87. The Kier molecular flexibility index (Phi) is 5.18. The molecule has 1 N–H and O–H groups in total. The van der Waals surface area contributed by atoms with E-state index in [1.807, 2.05) is 32.0 Å². The number of aryl methyl sites for hydroxylation is 4. The molecule has 6 nitrogen and oxygen atoms in total. The summed E-state index contributed by atoms with van der Waals surface area (Å²) < 4.78 is 9.92. The van der Waals surface area contributed by atoms with Gasteiger partial charge in [0, 0.05) is 11.8 Å². The molecule has 0 aliphatic carbocycles. The number of nitrogens with one attached hydrogen (secondary N) is 1. The van der Waals surface area contributed by atoms with Crippen LogP contribution in [0.2, 0.25) is 0 Å². The molecule has 0 saturated heterocycles.